The molecule has 0 aliphatic heterocycles. The molecule has 0 aliphatic carbocycles. The molecule has 90 valence electrons. The summed E-state index contributed by atoms with van der Waals surface area (Å²) in [5.41, 5.74) is -1.28. The highest BCUT2D eigenvalue weighted by atomic mass is 32.1. The van der Waals surface area contributed by atoms with Gasteiger partial charge >= 0.3 is 12.5 Å². The topological polar surface area (TPSA) is 9.23 Å². The zero-order valence-corrected chi connectivity index (χ0v) is 8.25. The van der Waals surface area contributed by atoms with Crippen molar-refractivity contribution >= 4 is 12.6 Å². The second-order valence-electron chi connectivity index (χ2n) is 2.70. The standard InChI is InChI=1S/C8H4F6OS/c9-7(10,11)4-2-1-3-5(6(4)16)15-8(12,13)14/h1-3,16H. The van der Waals surface area contributed by atoms with Crippen LogP contribution in [0.1, 0.15) is 5.56 Å². The van der Waals surface area contributed by atoms with Gasteiger partial charge in [-0.15, -0.1) is 25.8 Å². The molecule has 1 aromatic carbocycles. The Morgan fingerprint density at radius 2 is 1.56 bits per heavy atom. The smallest absolute Gasteiger partial charge is 0.405 e. The van der Waals surface area contributed by atoms with E-state index in [1.807, 2.05) is 0 Å². The number of hydrogen-bond donors (Lipinski definition) is 1. The zero-order chi connectivity index (χ0) is 12.6. The Balaban J connectivity index is 3.15. The Labute approximate surface area is 91.4 Å². The van der Waals surface area contributed by atoms with Crippen LogP contribution in [0.2, 0.25) is 0 Å². The van der Waals surface area contributed by atoms with E-state index in [2.05, 4.69) is 17.4 Å². The third-order valence-electron chi connectivity index (χ3n) is 1.53. The summed E-state index contributed by atoms with van der Waals surface area (Å²) in [6.45, 7) is 0. The lowest BCUT2D eigenvalue weighted by Crippen LogP contribution is -2.18. The van der Waals surface area contributed by atoms with Gasteiger partial charge in [0.25, 0.3) is 0 Å². The molecule has 0 radical (unpaired) electrons. The van der Waals surface area contributed by atoms with Crippen molar-refractivity contribution in [1.82, 2.24) is 0 Å². The number of halogens is 6. The van der Waals surface area contributed by atoms with Gasteiger partial charge in [-0.25, -0.2) is 0 Å². The van der Waals surface area contributed by atoms with Crippen molar-refractivity contribution in [2.75, 3.05) is 0 Å². The van der Waals surface area contributed by atoms with E-state index in [-0.39, 0.29) is 0 Å². The second-order valence-corrected chi connectivity index (χ2v) is 3.15. The summed E-state index contributed by atoms with van der Waals surface area (Å²) >= 11 is 3.37. The highest BCUT2D eigenvalue weighted by Gasteiger charge is 2.36. The van der Waals surface area contributed by atoms with Gasteiger partial charge in [-0.05, 0) is 12.1 Å². The van der Waals surface area contributed by atoms with Crippen LogP contribution in [0.5, 0.6) is 5.75 Å². The molecular weight excluding hydrogens is 258 g/mol. The summed E-state index contributed by atoms with van der Waals surface area (Å²) in [6.07, 6.45) is -9.83. The first-order valence-corrected chi connectivity index (χ1v) is 4.21. The SMILES string of the molecule is FC(F)(F)Oc1cccc(C(F)(F)F)c1S. The number of ether oxygens (including phenoxy) is 1. The van der Waals surface area contributed by atoms with Crippen molar-refractivity contribution in [3.8, 4) is 5.75 Å². The van der Waals surface area contributed by atoms with Crippen LogP contribution in [0.4, 0.5) is 26.3 Å². The van der Waals surface area contributed by atoms with Gasteiger partial charge in [0.1, 0.15) is 5.75 Å². The minimum Gasteiger partial charge on any atom is -0.405 e. The van der Waals surface area contributed by atoms with Crippen molar-refractivity contribution in [3.05, 3.63) is 23.8 Å². The third kappa shape index (κ3) is 3.22. The molecule has 0 fully saturated rings. The van der Waals surface area contributed by atoms with Crippen LogP contribution in [0, 0.1) is 0 Å². The van der Waals surface area contributed by atoms with E-state index >= 15 is 0 Å². The molecule has 0 unspecified atom stereocenters. The number of hydrogen-bond acceptors (Lipinski definition) is 2. The normalized spacial score (nSPS) is 12.7. The van der Waals surface area contributed by atoms with Crippen molar-refractivity contribution in [2.24, 2.45) is 0 Å². The zero-order valence-electron chi connectivity index (χ0n) is 7.36. The molecule has 16 heavy (non-hydrogen) atoms. The summed E-state index contributed by atoms with van der Waals surface area (Å²) < 4.78 is 75.7. The minimum atomic E-state index is -5.05. The van der Waals surface area contributed by atoms with E-state index < -0.39 is 28.7 Å². The molecule has 1 nitrogen and oxygen atoms in total. The average molecular weight is 262 g/mol. The fraction of sp³-hybridized carbons (Fsp3) is 0.250. The van der Waals surface area contributed by atoms with E-state index in [1.165, 1.54) is 0 Å². The quantitative estimate of drug-likeness (QED) is 0.596. The van der Waals surface area contributed by atoms with E-state index in [0.717, 1.165) is 12.1 Å². The van der Waals surface area contributed by atoms with Crippen LogP contribution >= 0.6 is 12.6 Å². The first kappa shape index (κ1) is 13.0. The monoisotopic (exact) mass is 262 g/mol. The van der Waals surface area contributed by atoms with E-state index in [0.29, 0.717) is 6.07 Å². The maximum absolute atomic E-state index is 12.3. The molecule has 0 aliphatic rings. The van der Waals surface area contributed by atoms with Gasteiger partial charge in [0.2, 0.25) is 0 Å². The first-order valence-electron chi connectivity index (χ1n) is 3.76. The Hall–Kier alpha value is -1.05. The molecule has 0 amide bonds. The Kier molecular flexibility index (Phi) is 3.32. The van der Waals surface area contributed by atoms with Crippen molar-refractivity contribution in [1.29, 1.82) is 0 Å². The summed E-state index contributed by atoms with van der Waals surface area (Å²) in [5, 5.41) is 0. The molecule has 8 heteroatoms. The maximum atomic E-state index is 12.3. The van der Waals surface area contributed by atoms with Gasteiger partial charge < -0.3 is 4.74 Å². The van der Waals surface area contributed by atoms with Crippen molar-refractivity contribution in [2.45, 2.75) is 17.4 Å². The third-order valence-corrected chi connectivity index (χ3v) is 1.99. The minimum absolute atomic E-state index is 0.617. The Morgan fingerprint density at radius 1 is 1.00 bits per heavy atom. The molecule has 0 N–H and O–H groups in total. The predicted molar refractivity (Wildman–Crippen MR) is 45.4 cm³/mol. The van der Waals surface area contributed by atoms with Gasteiger partial charge in [0.15, 0.2) is 0 Å². The van der Waals surface area contributed by atoms with Crippen LogP contribution < -0.4 is 4.74 Å². The van der Waals surface area contributed by atoms with E-state index in [4.69, 9.17) is 0 Å². The fourth-order valence-corrected chi connectivity index (χ4v) is 1.28. The molecule has 1 aromatic rings. The number of alkyl halides is 6. The van der Waals surface area contributed by atoms with E-state index in [9.17, 15) is 26.3 Å². The van der Waals surface area contributed by atoms with Gasteiger partial charge in [0, 0.05) is 0 Å². The molecule has 0 heterocycles. The molecular formula is C8H4F6OS. The first-order chi connectivity index (χ1) is 7.11. The molecule has 0 bridgehead atoms. The van der Waals surface area contributed by atoms with Gasteiger partial charge in [-0.3, -0.25) is 0 Å². The lowest BCUT2D eigenvalue weighted by atomic mass is 10.2. The highest BCUT2D eigenvalue weighted by Crippen LogP contribution is 2.39. The maximum Gasteiger partial charge on any atom is 0.573 e. The lowest BCUT2D eigenvalue weighted by Gasteiger charge is -2.14. The summed E-state index contributed by atoms with van der Waals surface area (Å²) in [6, 6.07) is 2.18. The molecule has 0 spiro atoms. The summed E-state index contributed by atoms with van der Waals surface area (Å²) in [5.74, 6) is -0.981. The summed E-state index contributed by atoms with van der Waals surface area (Å²) in [7, 11) is 0. The number of thiol groups is 1. The van der Waals surface area contributed by atoms with Crippen LogP contribution in [-0.4, -0.2) is 6.36 Å². The van der Waals surface area contributed by atoms with Crippen LogP contribution in [0.3, 0.4) is 0 Å². The van der Waals surface area contributed by atoms with Crippen molar-refractivity contribution in [3.63, 3.8) is 0 Å². The van der Waals surface area contributed by atoms with Crippen LogP contribution in [0.15, 0.2) is 23.1 Å². The van der Waals surface area contributed by atoms with Gasteiger partial charge in [-0.2, -0.15) is 13.2 Å². The molecule has 0 saturated carbocycles. The summed E-state index contributed by atoms with van der Waals surface area (Å²) in [4.78, 5) is -0.896. The largest absolute Gasteiger partial charge is 0.573 e. The molecule has 0 aromatic heterocycles. The highest BCUT2D eigenvalue weighted by molar-refractivity contribution is 7.80. The number of benzene rings is 1. The second kappa shape index (κ2) is 4.08. The van der Waals surface area contributed by atoms with E-state index in [1.54, 1.807) is 0 Å². The van der Waals surface area contributed by atoms with Crippen LogP contribution in [0.25, 0.3) is 0 Å². The molecule has 0 atom stereocenters. The average Bonchev–Trinajstić information content (AvgIpc) is 2.04. The predicted octanol–water partition coefficient (Wildman–Crippen LogP) is 3.89. The Morgan fingerprint density at radius 3 is 2.00 bits per heavy atom. The van der Waals surface area contributed by atoms with Crippen LogP contribution in [-0.2, 0) is 6.18 Å². The molecule has 1 rings (SSSR count). The van der Waals surface area contributed by atoms with Gasteiger partial charge in [-0.1, -0.05) is 6.07 Å². The lowest BCUT2D eigenvalue weighted by molar-refractivity contribution is -0.275. The number of rotatable bonds is 1. The van der Waals surface area contributed by atoms with Gasteiger partial charge in [0.05, 0.1) is 10.5 Å². The fourth-order valence-electron chi connectivity index (χ4n) is 0.958. The Bertz CT molecular complexity index is 383. The van der Waals surface area contributed by atoms with Crippen molar-refractivity contribution < 1.29 is 31.1 Å². The molecule has 0 saturated heterocycles.